The second-order valence-corrected chi connectivity index (χ2v) is 3.88. The highest BCUT2D eigenvalue weighted by molar-refractivity contribution is 5.46. The van der Waals surface area contributed by atoms with Gasteiger partial charge in [-0.3, -0.25) is 4.68 Å². The second kappa shape index (κ2) is 5.95. The Kier molecular flexibility index (Phi) is 4.06. The van der Waals surface area contributed by atoms with E-state index in [9.17, 15) is 0 Å². The normalized spacial score (nSPS) is 10.3. The van der Waals surface area contributed by atoms with Gasteiger partial charge in [-0.15, -0.1) is 5.10 Å². The highest BCUT2D eigenvalue weighted by Crippen LogP contribution is 2.10. The molecule has 18 heavy (non-hydrogen) atoms. The maximum Gasteiger partial charge on any atom is 0.131 e. The molecule has 0 saturated heterocycles. The van der Waals surface area contributed by atoms with Gasteiger partial charge in [0, 0.05) is 32.4 Å². The van der Waals surface area contributed by atoms with Gasteiger partial charge in [0.1, 0.15) is 17.5 Å². The van der Waals surface area contributed by atoms with Crippen LogP contribution in [-0.4, -0.2) is 38.6 Å². The molecule has 0 unspecified atom stereocenters. The summed E-state index contributed by atoms with van der Waals surface area (Å²) in [4.78, 5) is 8.56. The Bertz CT molecular complexity index is 480. The SMILES string of the molecule is CNc1cc(NCCCn2ccnn2)nc(C)n1. The first-order chi connectivity index (χ1) is 8.78. The zero-order valence-corrected chi connectivity index (χ0v) is 10.6. The summed E-state index contributed by atoms with van der Waals surface area (Å²) in [5.41, 5.74) is 0. The predicted molar refractivity (Wildman–Crippen MR) is 69.4 cm³/mol. The molecule has 2 rings (SSSR count). The molecule has 0 fully saturated rings. The second-order valence-electron chi connectivity index (χ2n) is 3.88. The highest BCUT2D eigenvalue weighted by Gasteiger charge is 2.00. The van der Waals surface area contributed by atoms with Crippen molar-refractivity contribution < 1.29 is 0 Å². The molecule has 0 bridgehead atoms. The Balaban J connectivity index is 1.81. The van der Waals surface area contributed by atoms with E-state index in [1.807, 2.05) is 30.9 Å². The van der Waals surface area contributed by atoms with E-state index in [1.54, 1.807) is 6.20 Å². The van der Waals surface area contributed by atoms with E-state index in [0.717, 1.165) is 37.0 Å². The summed E-state index contributed by atoms with van der Waals surface area (Å²) in [7, 11) is 1.84. The Morgan fingerprint density at radius 3 is 2.83 bits per heavy atom. The smallest absolute Gasteiger partial charge is 0.131 e. The van der Waals surface area contributed by atoms with Crippen LogP contribution in [0.1, 0.15) is 12.2 Å². The van der Waals surface area contributed by atoms with Gasteiger partial charge < -0.3 is 10.6 Å². The number of aromatic nitrogens is 5. The summed E-state index contributed by atoms with van der Waals surface area (Å²) in [6.07, 6.45) is 4.50. The zero-order valence-electron chi connectivity index (χ0n) is 10.6. The summed E-state index contributed by atoms with van der Waals surface area (Å²) in [5.74, 6) is 2.41. The monoisotopic (exact) mass is 247 g/mol. The van der Waals surface area contributed by atoms with E-state index in [-0.39, 0.29) is 0 Å². The average molecular weight is 247 g/mol. The van der Waals surface area contributed by atoms with Gasteiger partial charge in [0.25, 0.3) is 0 Å². The van der Waals surface area contributed by atoms with Crippen molar-refractivity contribution in [3.63, 3.8) is 0 Å². The minimum atomic E-state index is 0.751. The van der Waals surface area contributed by atoms with Gasteiger partial charge in [0.2, 0.25) is 0 Å². The van der Waals surface area contributed by atoms with Gasteiger partial charge in [0.15, 0.2) is 0 Å². The molecule has 0 aliphatic heterocycles. The van der Waals surface area contributed by atoms with E-state index in [2.05, 4.69) is 30.9 Å². The lowest BCUT2D eigenvalue weighted by molar-refractivity contribution is 0.569. The quantitative estimate of drug-likeness (QED) is 0.739. The van der Waals surface area contributed by atoms with Gasteiger partial charge in [-0.1, -0.05) is 5.21 Å². The summed E-state index contributed by atoms with van der Waals surface area (Å²) in [6, 6.07) is 1.89. The van der Waals surface area contributed by atoms with Crippen LogP contribution in [0.5, 0.6) is 0 Å². The first-order valence-electron chi connectivity index (χ1n) is 5.89. The number of aryl methyl sites for hydroxylation is 2. The molecule has 7 heteroatoms. The van der Waals surface area contributed by atoms with Crippen molar-refractivity contribution in [2.24, 2.45) is 0 Å². The van der Waals surface area contributed by atoms with Crippen LogP contribution < -0.4 is 10.6 Å². The maximum absolute atomic E-state index is 4.32. The third-order valence-corrected chi connectivity index (χ3v) is 2.44. The van der Waals surface area contributed by atoms with E-state index in [0.29, 0.717) is 0 Å². The molecule has 0 aliphatic rings. The van der Waals surface area contributed by atoms with Crippen molar-refractivity contribution in [2.45, 2.75) is 19.9 Å². The van der Waals surface area contributed by atoms with Crippen molar-refractivity contribution in [1.82, 2.24) is 25.0 Å². The summed E-state index contributed by atoms with van der Waals surface area (Å²) < 4.78 is 1.81. The molecule has 0 aromatic carbocycles. The number of hydrogen-bond donors (Lipinski definition) is 2. The average Bonchev–Trinajstić information content (AvgIpc) is 2.87. The molecule has 7 nitrogen and oxygen atoms in total. The first-order valence-corrected chi connectivity index (χ1v) is 5.89. The minimum absolute atomic E-state index is 0.751. The fourth-order valence-corrected chi connectivity index (χ4v) is 1.60. The minimum Gasteiger partial charge on any atom is -0.373 e. The molecule has 2 aromatic heterocycles. The standard InChI is InChI=1S/C11H17N7/c1-9-15-10(12-2)8-11(16-9)13-4-3-6-18-7-5-14-17-18/h5,7-8H,3-4,6H2,1-2H3,(H2,12,13,15,16). The van der Waals surface area contributed by atoms with Gasteiger partial charge in [-0.2, -0.15) is 0 Å². The van der Waals surface area contributed by atoms with E-state index >= 15 is 0 Å². The van der Waals surface area contributed by atoms with Crippen molar-refractivity contribution in [3.05, 3.63) is 24.3 Å². The van der Waals surface area contributed by atoms with Crippen LogP contribution in [0.3, 0.4) is 0 Å². The van der Waals surface area contributed by atoms with Crippen LogP contribution in [0.2, 0.25) is 0 Å². The van der Waals surface area contributed by atoms with Crippen LogP contribution in [0.15, 0.2) is 18.5 Å². The van der Waals surface area contributed by atoms with Crippen LogP contribution in [0.4, 0.5) is 11.6 Å². The molecule has 0 saturated carbocycles. The third kappa shape index (κ3) is 3.41. The molecule has 0 spiro atoms. The number of nitrogens with one attached hydrogen (secondary N) is 2. The molecule has 0 aliphatic carbocycles. The summed E-state index contributed by atoms with van der Waals surface area (Å²) in [6.45, 7) is 3.55. The van der Waals surface area contributed by atoms with Gasteiger partial charge in [0.05, 0.1) is 6.20 Å². The molecule has 2 aromatic rings. The van der Waals surface area contributed by atoms with Gasteiger partial charge in [-0.25, -0.2) is 9.97 Å². The van der Waals surface area contributed by atoms with E-state index < -0.39 is 0 Å². The number of nitrogens with zero attached hydrogens (tertiary/aromatic N) is 5. The molecular formula is C11H17N7. The predicted octanol–water partition coefficient (Wildman–Crippen LogP) is 0.920. The molecular weight excluding hydrogens is 230 g/mol. The van der Waals surface area contributed by atoms with Crippen LogP contribution in [-0.2, 0) is 6.54 Å². The Morgan fingerprint density at radius 1 is 1.28 bits per heavy atom. The van der Waals surface area contributed by atoms with Crippen LogP contribution >= 0.6 is 0 Å². The molecule has 2 N–H and O–H groups in total. The van der Waals surface area contributed by atoms with Gasteiger partial charge >= 0.3 is 0 Å². The fourth-order valence-electron chi connectivity index (χ4n) is 1.60. The van der Waals surface area contributed by atoms with E-state index in [1.165, 1.54) is 0 Å². The maximum atomic E-state index is 4.32. The highest BCUT2D eigenvalue weighted by atomic mass is 15.4. The summed E-state index contributed by atoms with van der Waals surface area (Å²) >= 11 is 0. The topological polar surface area (TPSA) is 80.5 Å². The van der Waals surface area contributed by atoms with Crippen LogP contribution in [0, 0.1) is 6.92 Å². The Morgan fingerprint density at radius 2 is 2.11 bits per heavy atom. The number of hydrogen-bond acceptors (Lipinski definition) is 6. The van der Waals surface area contributed by atoms with Crippen molar-refractivity contribution in [2.75, 3.05) is 24.2 Å². The van der Waals surface area contributed by atoms with Crippen molar-refractivity contribution >= 4 is 11.6 Å². The van der Waals surface area contributed by atoms with Crippen molar-refractivity contribution in [3.8, 4) is 0 Å². The largest absolute Gasteiger partial charge is 0.373 e. The van der Waals surface area contributed by atoms with Crippen LogP contribution in [0.25, 0.3) is 0 Å². The third-order valence-electron chi connectivity index (χ3n) is 2.44. The molecule has 0 amide bonds. The molecule has 2 heterocycles. The molecule has 0 radical (unpaired) electrons. The number of rotatable bonds is 6. The first kappa shape index (κ1) is 12.3. The summed E-state index contributed by atoms with van der Waals surface area (Å²) in [5, 5.41) is 13.9. The lowest BCUT2D eigenvalue weighted by Crippen LogP contribution is -2.09. The molecule has 0 atom stereocenters. The van der Waals surface area contributed by atoms with Gasteiger partial charge in [-0.05, 0) is 13.3 Å². The lowest BCUT2D eigenvalue weighted by atomic mass is 10.4. The lowest BCUT2D eigenvalue weighted by Gasteiger charge is -2.08. The van der Waals surface area contributed by atoms with Crippen molar-refractivity contribution in [1.29, 1.82) is 0 Å². The zero-order chi connectivity index (χ0) is 12.8. The molecule has 96 valence electrons. The Hall–Kier alpha value is -2.18. The fraction of sp³-hybridized carbons (Fsp3) is 0.455. The Labute approximate surface area is 106 Å². The van der Waals surface area contributed by atoms with E-state index in [4.69, 9.17) is 0 Å². The number of anilines is 2.